The molecule has 0 radical (unpaired) electrons. The molecule has 0 aliphatic rings. The fourth-order valence-electron chi connectivity index (χ4n) is 1.05. The van der Waals surface area contributed by atoms with E-state index in [1.807, 2.05) is 6.92 Å². The van der Waals surface area contributed by atoms with E-state index in [9.17, 15) is 15.2 Å². The summed E-state index contributed by atoms with van der Waals surface area (Å²) in [4.78, 5) is 9.89. The van der Waals surface area contributed by atoms with Gasteiger partial charge in [-0.05, 0) is 6.42 Å². The van der Waals surface area contributed by atoms with Crippen LogP contribution in [0.25, 0.3) is 0 Å². The number of hydrogen-bond acceptors (Lipinski definition) is 3. The van der Waals surface area contributed by atoms with E-state index in [1.54, 1.807) is 6.92 Å². The molecule has 0 amide bonds. The fraction of sp³-hybridized carbons (Fsp3) is 1.00. The van der Waals surface area contributed by atoms with Gasteiger partial charge in [-0.25, -0.2) is 0 Å². The van der Waals surface area contributed by atoms with Gasteiger partial charge in [-0.15, -0.1) is 0 Å². The monoisotopic (exact) mass is 161 g/mol. The predicted molar refractivity (Wildman–Crippen MR) is 42.0 cm³/mol. The van der Waals surface area contributed by atoms with Gasteiger partial charge in [0.05, 0.1) is 0 Å². The lowest BCUT2D eigenvalue weighted by Crippen LogP contribution is -2.32. The number of nitro groups is 1. The molecular formula is C7H15NO3. The average Bonchev–Trinajstić information content (AvgIpc) is 1.88. The highest BCUT2D eigenvalue weighted by atomic mass is 16.6. The molecule has 0 rings (SSSR count). The highest BCUT2D eigenvalue weighted by molar-refractivity contribution is 4.65. The Balaban J connectivity index is 3.91. The lowest BCUT2D eigenvalue weighted by Gasteiger charge is -2.12. The van der Waals surface area contributed by atoms with E-state index in [4.69, 9.17) is 0 Å². The minimum atomic E-state index is -0.782. The van der Waals surface area contributed by atoms with Crippen molar-refractivity contribution in [2.45, 2.75) is 45.3 Å². The first kappa shape index (κ1) is 10.4. The van der Waals surface area contributed by atoms with Crippen LogP contribution in [-0.2, 0) is 0 Å². The predicted octanol–water partition coefficient (Wildman–Crippen LogP) is 1.20. The lowest BCUT2D eigenvalue weighted by atomic mass is 10.1. The minimum Gasteiger partial charge on any atom is -0.386 e. The molecule has 0 saturated carbocycles. The van der Waals surface area contributed by atoms with Gasteiger partial charge in [0.2, 0.25) is 6.04 Å². The Morgan fingerprint density at radius 1 is 1.55 bits per heavy atom. The second-order valence-electron chi connectivity index (χ2n) is 2.62. The Hall–Kier alpha value is -0.640. The fourth-order valence-corrected chi connectivity index (χ4v) is 1.05. The molecule has 0 aromatic carbocycles. The Bertz CT molecular complexity index is 127. The Morgan fingerprint density at radius 3 is 2.36 bits per heavy atom. The summed E-state index contributed by atoms with van der Waals surface area (Å²) in [6.07, 6.45) is 0.916. The first-order valence-corrected chi connectivity index (χ1v) is 3.95. The number of rotatable bonds is 5. The quantitative estimate of drug-likeness (QED) is 0.486. The van der Waals surface area contributed by atoms with Gasteiger partial charge in [0, 0.05) is 11.3 Å². The van der Waals surface area contributed by atoms with E-state index in [2.05, 4.69) is 0 Å². The van der Waals surface area contributed by atoms with Gasteiger partial charge in [-0.1, -0.05) is 20.3 Å². The zero-order valence-electron chi connectivity index (χ0n) is 6.99. The first-order chi connectivity index (χ1) is 5.13. The van der Waals surface area contributed by atoms with Crippen molar-refractivity contribution in [1.82, 2.24) is 0 Å². The van der Waals surface area contributed by atoms with Crippen LogP contribution in [0.1, 0.15) is 33.1 Å². The van der Waals surface area contributed by atoms with Gasteiger partial charge in [-0.3, -0.25) is 10.1 Å². The first-order valence-electron chi connectivity index (χ1n) is 3.95. The molecule has 0 fully saturated rings. The summed E-state index contributed by atoms with van der Waals surface area (Å²) in [7, 11) is 0. The third kappa shape index (κ3) is 3.32. The number of aliphatic hydroxyl groups is 1. The summed E-state index contributed by atoms with van der Waals surface area (Å²) in [5.74, 6) is 0. The molecule has 0 aromatic rings. The molecule has 0 bridgehead atoms. The summed E-state index contributed by atoms with van der Waals surface area (Å²) in [5.41, 5.74) is 0. The molecule has 1 N–H and O–H groups in total. The van der Waals surface area contributed by atoms with E-state index in [1.165, 1.54) is 0 Å². The summed E-state index contributed by atoms with van der Waals surface area (Å²) in [6.45, 7) is 3.61. The van der Waals surface area contributed by atoms with Gasteiger partial charge in [0.1, 0.15) is 6.10 Å². The molecule has 0 aliphatic heterocycles. The van der Waals surface area contributed by atoms with Crippen molar-refractivity contribution in [2.75, 3.05) is 0 Å². The number of hydrogen-bond donors (Lipinski definition) is 1. The number of nitrogens with zero attached hydrogens (tertiary/aromatic N) is 1. The SMILES string of the molecule is CCCC(O)C(CC)[N+](=O)[O-]. The average molecular weight is 161 g/mol. The van der Waals surface area contributed by atoms with Gasteiger partial charge >= 0.3 is 0 Å². The van der Waals surface area contributed by atoms with E-state index >= 15 is 0 Å². The van der Waals surface area contributed by atoms with Gasteiger partial charge in [-0.2, -0.15) is 0 Å². The normalized spacial score (nSPS) is 15.9. The van der Waals surface area contributed by atoms with Crippen molar-refractivity contribution in [2.24, 2.45) is 0 Å². The summed E-state index contributed by atoms with van der Waals surface area (Å²) in [6, 6.07) is -0.782. The van der Waals surface area contributed by atoms with Crippen molar-refractivity contribution < 1.29 is 10.0 Å². The maximum atomic E-state index is 10.3. The Morgan fingerprint density at radius 2 is 2.09 bits per heavy atom. The van der Waals surface area contributed by atoms with E-state index < -0.39 is 17.1 Å². The molecule has 66 valence electrons. The van der Waals surface area contributed by atoms with E-state index in [0.29, 0.717) is 12.8 Å². The highest BCUT2D eigenvalue weighted by Crippen LogP contribution is 2.08. The second-order valence-corrected chi connectivity index (χ2v) is 2.62. The van der Waals surface area contributed by atoms with Crippen LogP contribution in [0.4, 0.5) is 0 Å². The van der Waals surface area contributed by atoms with Crippen LogP contribution >= 0.6 is 0 Å². The van der Waals surface area contributed by atoms with E-state index in [-0.39, 0.29) is 0 Å². The number of aliphatic hydroxyl groups excluding tert-OH is 1. The van der Waals surface area contributed by atoms with Gasteiger partial charge in [0.15, 0.2) is 0 Å². The van der Waals surface area contributed by atoms with Crippen molar-refractivity contribution in [1.29, 1.82) is 0 Å². The van der Waals surface area contributed by atoms with Crippen LogP contribution in [0.15, 0.2) is 0 Å². The third-order valence-corrected chi connectivity index (χ3v) is 1.72. The molecule has 0 aromatic heterocycles. The Kier molecular flexibility index (Phi) is 4.77. The largest absolute Gasteiger partial charge is 0.386 e. The molecular weight excluding hydrogens is 146 g/mol. The molecule has 0 spiro atoms. The van der Waals surface area contributed by atoms with Crippen molar-refractivity contribution in [3.63, 3.8) is 0 Å². The standard InChI is InChI=1S/C7H15NO3/c1-3-5-7(9)6(4-2)8(10)11/h6-7,9H,3-5H2,1-2H3. The molecule has 11 heavy (non-hydrogen) atoms. The van der Waals surface area contributed by atoms with Crippen LogP contribution in [0.2, 0.25) is 0 Å². The molecule has 0 heterocycles. The maximum absolute atomic E-state index is 10.3. The highest BCUT2D eigenvalue weighted by Gasteiger charge is 2.26. The smallest absolute Gasteiger partial charge is 0.238 e. The molecule has 4 heteroatoms. The van der Waals surface area contributed by atoms with Crippen molar-refractivity contribution >= 4 is 0 Å². The molecule has 2 unspecified atom stereocenters. The van der Waals surface area contributed by atoms with E-state index in [0.717, 1.165) is 6.42 Å². The zero-order chi connectivity index (χ0) is 8.85. The van der Waals surface area contributed by atoms with Gasteiger partial charge < -0.3 is 5.11 Å². The van der Waals surface area contributed by atoms with Crippen molar-refractivity contribution in [3.8, 4) is 0 Å². The lowest BCUT2D eigenvalue weighted by molar-refractivity contribution is -0.534. The zero-order valence-corrected chi connectivity index (χ0v) is 6.99. The summed E-state index contributed by atoms with van der Waals surface area (Å²) in [5, 5.41) is 19.5. The molecule has 2 atom stereocenters. The summed E-state index contributed by atoms with van der Waals surface area (Å²) >= 11 is 0. The van der Waals surface area contributed by atoms with Crippen LogP contribution in [0, 0.1) is 10.1 Å². The maximum Gasteiger partial charge on any atom is 0.238 e. The molecule has 0 aliphatic carbocycles. The third-order valence-electron chi connectivity index (χ3n) is 1.72. The van der Waals surface area contributed by atoms with Crippen LogP contribution in [0.5, 0.6) is 0 Å². The topological polar surface area (TPSA) is 63.4 Å². The summed E-state index contributed by atoms with van der Waals surface area (Å²) < 4.78 is 0. The Labute approximate surface area is 66.4 Å². The van der Waals surface area contributed by atoms with Crippen LogP contribution in [-0.4, -0.2) is 22.2 Å². The van der Waals surface area contributed by atoms with Gasteiger partial charge in [0.25, 0.3) is 0 Å². The second kappa shape index (κ2) is 5.07. The van der Waals surface area contributed by atoms with Crippen LogP contribution < -0.4 is 0 Å². The molecule has 0 saturated heterocycles. The minimum absolute atomic E-state index is 0.397. The van der Waals surface area contributed by atoms with Crippen LogP contribution in [0.3, 0.4) is 0 Å². The van der Waals surface area contributed by atoms with Crippen molar-refractivity contribution in [3.05, 3.63) is 10.1 Å². The molecule has 4 nitrogen and oxygen atoms in total.